The van der Waals surface area contributed by atoms with E-state index < -0.39 is 36.9 Å². The van der Waals surface area contributed by atoms with Crippen molar-refractivity contribution in [1.29, 1.82) is 0 Å². The quantitative estimate of drug-likeness (QED) is 0.0390. The largest absolute Gasteiger partial charge is 0.394 e. The SMILES string of the molecule is CCCCCCCCCCCCCCCCCCCCCCCCCCCCCCCCCC(O)C(=O)NC(CO)C(O)C(O)CCCCCCCCCCCCCCCCCCCCCCC. The predicted molar refractivity (Wildman–Crippen MR) is 298 cm³/mol. The lowest BCUT2D eigenvalue weighted by atomic mass is 9.99. The van der Waals surface area contributed by atoms with Gasteiger partial charge >= 0.3 is 0 Å². The summed E-state index contributed by atoms with van der Waals surface area (Å²) in [5.74, 6) is -0.574. The van der Waals surface area contributed by atoms with Gasteiger partial charge in [-0.2, -0.15) is 0 Å². The average Bonchev–Trinajstić information content (AvgIpc) is 3.34. The molecular formula is C62H125NO5. The van der Waals surface area contributed by atoms with Crippen LogP contribution >= 0.6 is 0 Å². The van der Waals surface area contributed by atoms with E-state index in [1.807, 2.05) is 0 Å². The number of amides is 1. The summed E-state index contributed by atoms with van der Waals surface area (Å²) in [6, 6.07) is -0.981. The lowest BCUT2D eigenvalue weighted by Gasteiger charge is -2.27. The van der Waals surface area contributed by atoms with Crippen molar-refractivity contribution < 1.29 is 25.2 Å². The number of rotatable bonds is 59. The minimum atomic E-state index is -1.26. The summed E-state index contributed by atoms with van der Waals surface area (Å²) in [5, 5.41) is 44.1. The van der Waals surface area contributed by atoms with Crippen LogP contribution in [0.4, 0.5) is 0 Å². The molecule has 0 aliphatic rings. The second-order valence-electron chi connectivity index (χ2n) is 22.1. The van der Waals surface area contributed by atoms with E-state index in [-0.39, 0.29) is 0 Å². The molecule has 4 unspecified atom stereocenters. The van der Waals surface area contributed by atoms with Gasteiger partial charge in [-0.05, 0) is 12.8 Å². The molecule has 0 fully saturated rings. The van der Waals surface area contributed by atoms with Gasteiger partial charge in [0, 0.05) is 0 Å². The van der Waals surface area contributed by atoms with E-state index >= 15 is 0 Å². The Morgan fingerprint density at radius 3 is 0.706 bits per heavy atom. The highest BCUT2D eigenvalue weighted by Gasteiger charge is 2.28. The molecule has 6 nitrogen and oxygen atoms in total. The van der Waals surface area contributed by atoms with Crippen molar-refractivity contribution in [1.82, 2.24) is 5.32 Å². The normalized spacial score (nSPS) is 13.6. The third-order valence-corrected chi connectivity index (χ3v) is 15.3. The first-order chi connectivity index (χ1) is 33.5. The fourth-order valence-corrected chi connectivity index (χ4v) is 10.4. The van der Waals surface area contributed by atoms with Crippen LogP contribution in [0.1, 0.15) is 361 Å². The number of hydrogen-bond donors (Lipinski definition) is 5. The van der Waals surface area contributed by atoms with Gasteiger partial charge in [0.15, 0.2) is 0 Å². The molecule has 0 bridgehead atoms. The number of aliphatic hydroxyl groups is 4. The highest BCUT2D eigenvalue weighted by Crippen LogP contribution is 2.19. The number of carbonyl (C=O) groups excluding carboxylic acids is 1. The first kappa shape index (κ1) is 67.3. The van der Waals surface area contributed by atoms with Crippen LogP contribution in [-0.2, 0) is 4.79 Å². The van der Waals surface area contributed by atoms with Crippen molar-refractivity contribution in [3.63, 3.8) is 0 Å². The summed E-state index contributed by atoms with van der Waals surface area (Å²) < 4.78 is 0. The van der Waals surface area contributed by atoms with Gasteiger partial charge in [0.1, 0.15) is 12.2 Å². The van der Waals surface area contributed by atoms with Crippen molar-refractivity contribution in [3.8, 4) is 0 Å². The van der Waals surface area contributed by atoms with Gasteiger partial charge in [0.05, 0.1) is 18.8 Å². The molecule has 0 aromatic heterocycles. The lowest BCUT2D eigenvalue weighted by molar-refractivity contribution is -0.132. The zero-order chi connectivity index (χ0) is 49.5. The van der Waals surface area contributed by atoms with Crippen LogP contribution in [0.5, 0.6) is 0 Å². The summed E-state index contributed by atoms with van der Waals surface area (Å²) in [6.45, 7) is 4.11. The molecule has 0 aliphatic carbocycles. The maximum atomic E-state index is 12.6. The van der Waals surface area contributed by atoms with Crippen LogP contribution in [0.25, 0.3) is 0 Å². The van der Waals surface area contributed by atoms with Crippen molar-refractivity contribution in [2.75, 3.05) is 6.61 Å². The predicted octanol–water partition coefficient (Wildman–Crippen LogP) is 18.7. The van der Waals surface area contributed by atoms with E-state index in [1.165, 1.54) is 295 Å². The minimum absolute atomic E-state index is 0.377. The molecule has 0 radical (unpaired) electrons. The van der Waals surface area contributed by atoms with E-state index in [4.69, 9.17) is 0 Å². The van der Waals surface area contributed by atoms with Crippen LogP contribution < -0.4 is 5.32 Å². The highest BCUT2D eigenvalue weighted by molar-refractivity contribution is 5.80. The van der Waals surface area contributed by atoms with Crippen molar-refractivity contribution in [2.24, 2.45) is 0 Å². The molecular weight excluding hydrogens is 839 g/mol. The molecule has 0 aliphatic heterocycles. The Morgan fingerprint density at radius 1 is 0.309 bits per heavy atom. The first-order valence-corrected chi connectivity index (χ1v) is 31.4. The molecule has 0 saturated carbocycles. The van der Waals surface area contributed by atoms with Crippen LogP contribution in [0.15, 0.2) is 0 Å². The molecule has 0 aromatic rings. The van der Waals surface area contributed by atoms with Gasteiger partial charge in [0.25, 0.3) is 0 Å². The average molecular weight is 965 g/mol. The van der Waals surface area contributed by atoms with Gasteiger partial charge in [-0.1, -0.05) is 348 Å². The Bertz CT molecular complexity index is 948. The van der Waals surface area contributed by atoms with Gasteiger partial charge in [-0.15, -0.1) is 0 Å². The van der Waals surface area contributed by atoms with E-state index in [2.05, 4.69) is 19.2 Å². The molecule has 5 N–H and O–H groups in total. The molecule has 408 valence electrons. The summed E-state index contributed by atoms with van der Waals surface area (Å²) in [4.78, 5) is 12.6. The third-order valence-electron chi connectivity index (χ3n) is 15.3. The first-order valence-electron chi connectivity index (χ1n) is 31.4. The summed E-state index contributed by atoms with van der Waals surface area (Å²) in [6.07, 6.45) is 67.7. The van der Waals surface area contributed by atoms with Crippen LogP contribution in [-0.4, -0.2) is 57.3 Å². The zero-order valence-corrected chi connectivity index (χ0v) is 46.4. The summed E-state index contributed by atoms with van der Waals surface area (Å²) >= 11 is 0. The molecule has 0 aromatic carbocycles. The standard InChI is InChI=1S/C62H125NO5/c1-3-5-7-9-11-13-15-17-19-21-23-25-26-27-28-29-30-31-32-33-34-36-38-40-42-44-46-48-50-52-54-56-60(66)62(68)63-58(57-64)61(67)59(65)55-53-51-49-47-45-43-41-39-37-35-24-22-20-18-16-14-12-10-8-6-4-2/h58-61,64-67H,3-57H2,1-2H3,(H,63,68). The van der Waals surface area contributed by atoms with E-state index in [0.717, 1.165) is 38.5 Å². The second-order valence-corrected chi connectivity index (χ2v) is 22.1. The van der Waals surface area contributed by atoms with E-state index in [1.54, 1.807) is 0 Å². The van der Waals surface area contributed by atoms with Crippen LogP contribution in [0.2, 0.25) is 0 Å². The number of hydrogen-bond acceptors (Lipinski definition) is 5. The van der Waals surface area contributed by atoms with Gasteiger partial charge in [0.2, 0.25) is 5.91 Å². The van der Waals surface area contributed by atoms with Gasteiger partial charge < -0.3 is 25.7 Å². The molecule has 4 atom stereocenters. The van der Waals surface area contributed by atoms with Crippen LogP contribution in [0.3, 0.4) is 0 Å². The fraction of sp³-hybridized carbons (Fsp3) is 0.984. The van der Waals surface area contributed by atoms with Crippen LogP contribution in [0, 0.1) is 0 Å². The van der Waals surface area contributed by atoms with E-state index in [9.17, 15) is 25.2 Å². The molecule has 0 spiro atoms. The molecule has 0 heterocycles. The summed E-state index contributed by atoms with van der Waals surface area (Å²) in [5.41, 5.74) is 0. The summed E-state index contributed by atoms with van der Waals surface area (Å²) in [7, 11) is 0. The molecule has 1 amide bonds. The Labute approximate surface area is 426 Å². The molecule has 68 heavy (non-hydrogen) atoms. The number of aliphatic hydroxyl groups excluding tert-OH is 4. The zero-order valence-electron chi connectivity index (χ0n) is 46.4. The molecule has 6 heteroatoms. The smallest absolute Gasteiger partial charge is 0.249 e. The number of unbranched alkanes of at least 4 members (excludes halogenated alkanes) is 50. The number of carbonyl (C=O) groups is 1. The Morgan fingerprint density at radius 2 is 0.500 bits per heavy atom. The lowest BCUT2D eigenvalue weighted by Crippen LogP contribution is -2.53. The minimum Gasteiger partial charge on any atom is -0.394 e. The van der Waals surface area contributed by atoms with E-state index in [0.29, 0.717) is 12.8 Å². The topological polar surface area (TPSA) is 110 Å². The second kappa shape index (κ2) is 57.2. The maximum absolute atomic E-state index is 12.6. The molecule has 0 saturated heterocycles. The van der Waals surface area contributed by atoms with Crippen molar-refractivity contribution in [2.45, 2.75) is 385 Å². The Kier molecular flexibility index (Phi) is 56.6. The molecule has 0 rings (SSSR count). The highest BCUT2D eigenvalue weighted by atomic mass is 16.3. The third kappa shape index (κ3) is 50.3. The number of nitrogens with one attached hydrogen (secondary N) is 1. The van der Waals surface area contributed by atoms with Gasteiger partial charge in [-0.3, -0.25) is 4.79 Å². The van der Waals surface area contributed by atoms with Crippen molar-refractivity contribution in [3.05, 3.63) is 0 Å². The monoisotopic (exact) mass is 964 g/mol. The fourth-order valence-electron chi connectivity index (χ4n) is 10.4. The Hall–Kier alpha value is -0.690. The maximum Gasteiger partial charge on any atom is 0.249 e. The van der Waals surface area contributed by atoms with Gasteiger partial charge in [-0.25, -0.2) is 0 Å². The van der Waals surface area contributed by atoms with Crippen molar-refractivity contribution >= 4 is 5.91 Å². The Balaban J connectivity index is 3.53.